The molecule has 0 spiro atoms. The molecule has 0 radical (unpaired) electrons. The van der Waals surface area contributed by atoms with Gasteiger partial charge in [0.1, 0.15) is 0 Å². The summed E-state index contributed by atoms with van der Waals surface area (Å²) in [5, 5.41) is 12.4. The van der Waals surface area contributed by atoms with E-state index in [-0.39, 0.29) is 12.3 Å². The number of hydrogen-bond acceptors (Lipinski definition) is 3. The van der Waals surface area contributed by atoms with Crippen LogP contribution in [0.2, 0.25) is 5.02 Å². The highest BCUT2D eigenvalue weighted by Gasteiger charge is 2.36. The molecule has 2 N–H and O–H groups in total. The van der Waals surface area contributed by atoms with E-state index in [1.807, 2.05) is 6.92 Å². The van der Waals surface area contributed by atoms with Crippen molar-refractivity contribution < 1.29 is 19.4 Å². The van der Waals surface area contributed by atoms with Gasteiger partial charge in [-0.1, -0.05) is 36.7 Å². The lowest BCUT2D eigenvalue weighted by molar-refractivity contribution is -0.139. The Bertz CT molecular complexity index is 555. The van der Waals surface area contributed by atoms with Crippen molar-refractivity contribution in [1.82, 2.24) is 5.32 Å². The molecule has 22 heavy (non-hydrogen) atoms. The van der Waals surface area contributed by atoms with Crippen LogP contribution in [0.25, 0.3) is 0 Å². The lowest BCUT2D eigenvalue weighted by atomic mass is 9.81. The van der Waals surface area contributed by atoms with E-state index < -0.39 is 17.4 Å². The third-order valence-corrected chi connectivity index (χ3v) is 4.45. The van der Waals surface area contributed by atoms with Crippen molar-refractivity contribution in [2.45, 2.75) is 32.2 Å². The van der Waals surface area contributed by atoms with E-state index in [1.165, 1.54) is 0 Å². The Kier molecular flexibility index (Phi) is 5.42. The summed E-state index contributed by atoms with van der Waals surface area (Å²) in [6, 6.07) is 6.33. The number of carboxylic acids is 1. The molecule has 1 aromatic rings. The van der Waals surface area contributed by atoms with Gasteiger partial charge >= 0.3 is 5.97 Å². The Morgan fingerprint density at radius 2 is 2.00 bits per heavy atom. The summed E-state index contributed by atoms with van der Waals surface area (Å²) in [6.45, 7) is 2.97. The van der Waals surface area contributed by atoms with E-state index in [0.29, 0.717) is 36.6 Å². The summed E-state index contributed by atoms with van der Waals surface area (Å²) < 4.78 is 5.29. The first-order chi connectivity index (χ1) is 10.4. The van der Waals surface area contributed by atoms with Gasteiger partial charge in [-0.25, -0.2) is 0 Å². The normalized spacial score (nSPS) is 18.5. The number of benzene rings is 1. The molecule has 0 unspecified atom stereocenters. The van der Waals surface area contributed by atoms with Crippen LogP contribution in [0, 0.1) is 5.41 Å². The van der Waals surface area contributed by atoms with Gasteiger partial charge in [-0.2, -0.15) is 0 Å². The van der Waals surface area contributed by atoms with Crippen LogP contribution in [0.5, 0.6) is 0 Å². The molecule has 120 valence electrons. The molecule has 1 aliphatic rings. The Balaban J connectivity index is 2.18. The number of carbonyl (C=O) groups is 2. The van der Waals surface area contributed by atoms with Gasteiger partial charge in [0, 0.05) is 18.2 Å². The molecule has 1 heterocycles. The Hall–Kier alpha value is -1.59. The Labute approximate surface area is 134 Å². The highest BCUT2D eigenvalue weighted by Crippen LogP contribution is 2.32. The van der Waals surface area contributed by atoms with E-state index >= 15 is 0 Å². The molecule has 1 aliphatic heterocycles. The van der Waals surface area contributed by atoms with Crippen molar-refractivity contribution in [3.63, 3.8) is 0 Å². The summed E-state index contributed by atoms with van der Waals surface area (Å²) >= 11 is 6.14. The summed E-state index contributed by atoms with van der Waals surface area (Å²) in [4.78, 5) is 23.7. The average molecular weight is 326 g/mol. The van der Waals surface area contributed by atoms with Gasteiger partial charge in [0.05, 0.1) is 17.9 Å². The minimum Gasteiger partial charge on any atom is -0.481 e. The smallest absolute Gasteiger partial charge is 0.305 e. The second kappa shape index (κ2) is 7.11. The molecule has 6 heteroatoms. The summed E-state index contributed by atoms with van der Waals surface area (Å²) in [6.07, 6.45) is 1.05. The number of aliphatic carboxylic acids is 1. The number of nitrogens with one attached hydrogen (secondary N) is 1. The number of carboxylic acid groups (broad SMARTS) is 1. The molecular weight excluding hydrogens is 306 g/mol. The maximum atomic E-state index is 12.6. The minimum atomic E-state index is -0.984. The topological polar surface area (TPSA) is 75.6 Å². The Morgan fingerprint density at radius 1 is 1.36 bits per heavy atom. The fourth-order valence-corrected chi connectivity index (χ4v) is 2.82. The lowest BCUT2D eigenvalue weighted by Crippen LogP contribution is -2.44. The van der Waals surface area contributed by atoms with Gasteiger partial charge in [0.2, 0.25) is 5.91 Å². The van der Waals surface area contributed by atoms with Crippen molar-refractivity contribution in [3.8, 4) is 0 Å². The molecule has 2 rings (SSSR count). The predicted octanol–water partition coefficient (Wildman–Crippen LogP) is 2.79. The van der Waals surface area contributed by atoms with Crippen molar-refractivity contribution in [2.24, 2.45) is 5.41 Å². The van der Waals surface area contributed by atoms with Crippen LogP contribution in [0.3, 0.4) is 0 Å². The van der Waals surface area contributed by atoms with Gasteiger partial charge in [-0.05, 0) is 24.5 Å². The summed E-state index contributed by atoms with van der Waals surface area (Å²) in [7, 11) is 0. The first kappa shape index (κ1) is 16.8. The van der Waals surface area contributed by atoms with Gasteiger partial charge in [0.25, 0.3) is 0 Å². The predicted molar refractivity (Wildman–Crippen MR) is 82.7 cm³/mol. The zero-order valence-electron chi connectivity index (χ0n) is 12.5. The van der Waals surface area contributed by atoms with Crippen LogP contribution in [-0.2, 0) is 14.3 Å². The molecule has 0 saturated carbocycles. The van der Waals surface area contributed by atoms with Crippen LogP contribution in [0.15, 0.2) is 24.3 Å². The Morgan fingerprint density at radius 3 is 2.59 bits per heavy atom. The van der Waals surface area contributed by atoms with Gasteiger partial charge in [-0.15, -0.1) is 0 Å². The molecule has 1 aromatic carbocycles. The first-order valence-electron chi connectivity index (χ1n) is 7.27. The third-order valence-electron chi connectivity index (χ3n) is 4.11. The van der Waals surface area contributed by atoms with Crippen LogP contribution in [0.4, 0.5) is 0 Å². The number of hydrogen-bond donors (Lipinski definition) is 2. The maximum Gasteiger partial charge on any atom is 0.305 e. The van der Waals surface area contributed by atoms with Crippen LogP contribution < -0.4 is 5.32 Å². The van der Waals surface area contributed by atoms with E-state index in [0.717, 1.165) is 0 Å². The van der Waals surface area contributed by atoms with Crippen molar-refractivity contribution in [3.05, 3.63) is 34.9 Å². The van der Waals surface area contributed by atoms with E-state index in [2.05, 4.69) is 5.32 Å². The average Bonchev–Trinajstić information content (AvgIpc) is 2.47. The zero-order valence-corrected chi connectivity index (χ0v) is 13.2. The molecular formula is C16H20ClNO4. The molecule has 0 aliphatic carbocycles. The lowest BCUT2D eigenvalue weighted by Gasteiger charge is -2.33. The van der Waals surface area contributed by atoms with E-state index in [9.17, 15) is 9.59 Å². The van der Waals surface area contributed by atoms with Gasteiger partial charge in [0.15, 0.2) is 0 Å². The van der Waals surface area contributed by atoms with E-state index in [4.69, 9.17) is 21.4 Å². The standard InChI is InChI=1S/C16H20ClNO4/c1-16(6-8-22-9-7-16)15(21)18-13(10-14(19)20)11-4-2-3-5-12(11)17/h2-5,13H,6-10H2,1H3,(H,18,21)(H,19,20)/t13-/m0/s1. The quantitative estimate of drug-likeness (QED) is 0.873. The number of ether oxygens (including phenoxy) is 1. The molecule has 0 aromatic heterocycles. The molecule has 1 atom stereocenters. The fraction of sp³-hybridized carbons (Fsp3) is 0.500. The van der Waals surface area contributed by atoms with Crippen molar-refractivity contribution in [1.29, 1.82) is 0 Å². The largest absolute Gasteiger partial charge is 0.481 e. The second-order valence-electron chi connectivity index (χ2n) is 5.82. The first-order valence-corrected chi connectivity index (χ1v) is 7.65. The highest BCUT2D eigenvalue weighted by molar-refractivity contribution is 6.31. The molecule has 0 bridgehead atoms. The van der Waals surface area contributed by atoms with Gasteiger partial charge < -0.3 is 15.2 Å². The summed E-state index contributed by atoms with van der Waals surface area (Å²) in [5.41, 5.74) is 0.0894. The number of carbonyl (C=O) groups excluding carboxylic acids is 1. The minimum absolute atomic E-state index is 0.151. The highest BCUT2D eigenvalue weighted by atomic mass is 35.5. The third kappa shape index (κ3) is 3.99. The zero-order chi connectivity index (χ0) is 16.2. The maximum absolute atomic E-state index is 12.6. The molecule has 1 saturated heterocycles. The SMILES string of the molecule is CC1(C(=O)N[C@@H](CC(=O)O)c2ccccc2Cl)CCOCC1. The van der Waals surface area contributed by atoms with Crippen molar-refractivity contribution in [2.75, 3.05) is 13.2 Å². The van der Waals surface area contributed by atoms with E-state index in [1.54, 1.807) is 24.3 Å². The van der Waals surface area contributed by atoms with Gasteiger partial charge in [-0.3, -0.25) is 9.59 Å². The van der Waals surface area contributed by atoms with Crippen LogP contribution in [-0.4, -0.2) is 30.2 Å². The van der Waals surface area contributed by atoms with Crippen LogP contribution >= 0.6 is 11.6 Å². The summed E-state index contributed by atoms with van der Waals surface area (Å²) in [5.74, 6) is -1.13. The molecule has 5 nitrogen and oxygen atoms in total. The fourth-order valence-electron chi connectivity index (χ4n) is 2.55. The molecule has 1 fully saturated rings. The number of amides is 1. The number of halogens is 1. The second-order valence-corrected chi connectivity index (χ2v) is 6.23. The van der Waals surface area contributed by atoms with Crippen molar-refractivity contribution >= 4 is 23.5 Å². The number of rotatable bonds is 5. The van der Waals surface area contributed by atoms with Crippen LogP contribution in [0.1, 0.15) is 37.8 Å². The molecule has 1 amide bonds. The monoisotopic (exact) mass is 325 g/mol.